The molecule has 0 aliphatic heterocycles. The molecule has 0 saturated heterocycles. The van der Waals surface area contributed by atoms with Crippen molar-refractivity contribution in [2.75, 3.05) is 7.11 Å². The molecule has 0 aliphatic rings. The number of ether oxygens (including phenoxy) is 1. The number of rotatable bonds is 5. The Balaban J connectivity index is 2.20. The first-order chi connectivity index (χ1) is 11.4. The van der Waals surface area contributed by atoms with Gasteiger partial charge in [0.25, 0.3) is 5.91 Å². The number of hydrogen-bond donors (Lipinski definition) is 1. The minimum atomic E-state index is -0.540. The van der Waals surface area contributed by atoms with Crippen LogP contribution < -0.4 is 10.2 Å². The Kier molecular flexibility index (Phi) is 5.59. The van der Waals surface area contributed by atoms with Crippen LogP contribution in [0.3, 0.4) is 0 Å². The molecular weight excluding hydrogens is 380 g/mol. The van der Waals surface area contributed by atoms with Gasteiger partial charge in [-0.3, -0.25) is 19.9 Å². The zero-order valence-electron chi connectivity index (χ0n) is 12.8. The molecule has 0 aliphatic carbocycles. The number of hydrogen-bond acceptors (Lipinski definition) is 6. The maximum atomic E-state index is 12.0. The molecule has 1 aromatic carbocycles. The molecule has 0 radical (unpaired) electrons. The van der Waals surface area contributed by atoms with Gasteiger partial charge >= 0.3 is 5.69 Å². The number of halogens is 1. The Labute approximate surface area is 145 Å². The molecule has 124 valence electrons. The number of pyridine rings is 1. The predicted octanol–water partition coefficient (Wildman–Crippen LogP) is 2.91. The quantitative estimate of drug-likeness (QED) is 0.478. The summed E-state index contributed by atoms with van der Waals surface area (Å²) in [7, 11) is 1.36. The second-order valence-electron chi connectivity index (χ2n) is 4.67. The first kappa shape index (κ1) is 17.5. The van der Waals surface area contributed by atoms with Crippen LogP contribution in [0.5, 0.6) is 5.75 Å². The molecule has 0 unspecified atom stereocenters. The van der Waals surface area contributed by atoms with Crippen molar-refractivity contribution in [1.29, 1.82) is 0 Å². The Morgan fingerprint density at radius 3 is 2.71 bits per heavy atom. The minimum Gasteiger partial charge on any atom is -0.490 e. The lowest BCUT2D eigenvalue weighted by Gasteiger charge is -2.05. The van der Waals surface area contributed by atoms with Gasteiger partial charge in [0.05, 0.1) is 23.3 Å². The lowest BCUT2D eigenvalue weighted by atomic mass is 10.1. The van der Waals surface area contributed by atoms with Crippen molar-refractivity contribution in [1.82, 2.24) is 10.4 Å². The fourth-order valence-electron chi connectivity index (χ4n) is 1.86. The Hall–Kier alpha value is -2.81. The van der Waals surface area contributed by atoms with Gasteiger partial charge in [-0.05, 0) is 41.1 Å². The van der Waals surface area contributed by atoms with Gasteiger partial charge in [0, 0.05) is 28.5 Å². The summed E-state index contributed by atoms with van der Waals surface area (Å²) in [6, 6.07) is 6.04. The maximum absolute atomic E-state index is 12.0. The summed E-state index contributed by atoms with van der Waals surface area (Å²) in [5, 5.41) is 15.0. The van der Waals surface area contributed by atoms with E-state index in [1.165, 1.54) is 25.4 Å². The van der Waals surface area contributed by atoms with Gasteiger partial charge in [-0.2, -0.15) is 5.10 Å². The van der Waals surface area contributed by atoms with Gasteiger partial charge in [-0.25, -0.2) is 5.43 Å². The monoisotopic (exact) mass is 392 g/mol. The van der Waals surface area contributed by atoms with Crippen LogP contribution in [0.4, 0.5) is 5.69 Å². The van der Waals surface area contributed by atoms with Crippen LogP contribution in [-0.2, 0) is 0 Å². The van der Waals surface area contributed by atoms with Gasteiger partial charge < -0.3 is 4.74 Å². The zero-order valence-corrected chi connectivity index (χ0v) is 14.4. The molecule has 0 saturated carbocycles. The largest absolute Gasteiger partial charge is 0.490 e. The maximum Gasteiger partial charge on any atom is 0.311 e. The smallest absolute Gasteiger partial charge is 0.311 e. The van der Waals surface area contributed by atoms with Crippen LogP contribution in [0, 0.1) is 10.1 Å². The van der Waals surface area contributed by atoms with Crippen LogP contribution in [0.1, 0.15) is 22.8 Å². The summed E-state index contributed by atoms with van der Waals surface area (Å²) < 4.78 is 5.61. The van der Waals surface area contributed by atoms with E-state index in [4.69, 9.17) is 4.74 Å². The Bertz CT molecular complexity index is 823. The number of aromatic nitrogens is 1. The first-order valence-corrected chi connectivity index (χ1v) is 7.49. The molecule has 2 rings (SSSR count). The highest BCUT2D eigenvalue weighted by Crippen LogP contribution is 2.27. The highest BCUT2D eigenvalue weighted by molar-refractivity contribution is 9.10. The summed E-state index contributed by atoms with van der Waals surface area (Å²) in [5.74, 6) is -0.285. The van der Waals surface area contributed by atoms with Gasteiger partial charge in [0.15, 0.2) is 5.75 Å². The van der Waals surface area contributed by atoms with E-state index < -0.39 is 10.8 Å². The van der Waals surface area contributed by atoms with E-state index in [9.17, 15) is 14.9 Å². The second kappa shape index (κ2) is 7.64. The average molecular weight is 393 g/mol. The normalized spacial score (nSPS) is 11.0. The molecule has 2 aromatic rings. The van der Waals surface area contributed by atoms with E-state index in [1.807, 2.05) is 0 Å². The standard InChI is InChI=1S/C15H13BrN4O4/c1-9(10-3-4-14(24-2)13(6-10)20(22)23)18-19-15(21)11-5-12(16)8-17-7-11/h3-8H,1-2H3,(H,19,21)/b18-9-. The average Bonchev–Trinajstić information content (AvgIpc) is 2.58. The van der Waals surface area contributed by atoms with Crippen LogP contribution in [-0.4, -0.2) is 28.6 Å². The number of nitro benzene ring substituents is 1. The molecule has 0 atom stereocenters. The number of carbonyl (C=O) groups excluding carboxylic acids is 1. The van der Waals surface area contributed by atoms with E-state index in [-0.39, 0.29) is 11.4 Å². The third-order valence-corrected chi connectivity index (χ3v) is 3.52. The molecule has 0 spiro atoms. The molecule has 1 heterocycles. The molecule has 0 bridgehead atoms. The summed E-state index contributed by atoms with van der Waals surface area (Å²) in [4.78, 5) is 26.4. The Morgan fingerprint density at radius 1 is 1.33 bits per heavy atom. The lowest BCUT2D eigenvalue weighted by molar-refractivity contribution is -0.385. The van der Waals surface area contributed by atoms with Gasteiger partial charge in [-0.15, -0.1) is 0 Å². The van der Waals surface area contributed by atoms with Crippen molar-refractivity contribution in [2.24, 2.45) is 5.10 Å². The summed E-state index contributed by atoms with van der Waals surface area (Å²) in [5.41, 5.74) is 3.46. The van der Waals surface area contributed by atoms with E-state index in [0.29, 0.717) is 21.3 Å². The van der Waals surface area contributed by atoms with Gasteiger partial charge in [-0.1, -0.05) is 0 Å². The van der Waals surface area contributed by atoms with Gasteiger partial charge in [0.1, 0.15) is 0 Å². The van der Waals surface area contributed by atoms with E-state index in [0.717, 1.165) is 0 Å². The third-order valence-electron chi connectivity index (χ3n) is 3.09. The molecule has 0 fully saturated rings. The highest BCUT2D eigenvalue weighted by Gasteiger charge is 2.16. The number of amides is 1. The van der Waals surface area contributed by atoms with Crippen LogP contribution >= 0.6 is 15.9 Å². The fraction of sp³-hybridized carbons (Fsp3) is 0.133. The lowest BCUT2D eigenvalue weighted by Crippen LogP contribution is -2.19. The van der Waals surface area contributed by atoms with Crippen LogP contribution in [0.2, 0.25) is 0 Å². The number of benzene rings is 1. The fourth-order valence-corrected chi connectivity index (χ4v) is 2.22. The predicted molar refractivity (Wildman–Crippen MR) is 91.3 cm³/mol. The third kappa shape index (κ3) is 4.13. The molecule has 24 heavy (non-hydrogen) atoms. The van der Waals surface area contributed by atoms with Crippen molar-refractivity contribution >= 4 is 33.2 Å². The topological polar surface area (TPSA) is 107 Å². The summed E-state index contributed by atoms with van der Waals surface area (Å²) >= 11 is 3.23. The number of nitrogens with one attached hydrogen (secondary N) is 1. The van der Waals surface area contributed by atoms with Crippen LogP contribution in [0.15, 0.2) is 46.2 Å². The van der Waals surface area contributed by atoms with Gasteiger partial charge in [0.2, 0.25) is 0 Å². The van der Waals surface area contributed by atoms with Crippen molar-refractivity contribution in [3.05, 3.63) is 62.4 Å². The minimum absolute atomic E-state index is 0.154. The summed E-state index contributed by atoms with van der Waals surface area (Å²) in [6.07, 6.45) is 2.96. The van der Waals surface area contributed by atoms with E-state index in [2.05, 4.69) is 31.4 Å². The van der Waals surface area contributed by atoms with Crippen molar-refractivity contribution in [3.8, 4) is 5.75 Å². The molecule has 1 aromatic heterocycles. The number of methoxy groups -OCH3 is 1. The molecule has 1 N–H and O–H groups in total. The highest BCUT2D eigenvalue weighted by atomic mass is 79.9. The number of nitrogens with zero attached hydrogens (tertiary/aromatic N) is 3. The second-order valence-corrected chi connectivity index (χ2v) is 5.59. The molecule has 9 heteroatoms. The van der Waals surface area contributed by atoms with E-state index >= 15 is 0 Å². The van der Waals surface area contributed by atoms with Crippen molar-refractivity contribution in [3.63, 3.8) is 0 Å². The molecule has 1 amide bonds. The number of nitro groups is 1. The van der Waals surface area contributed by atoms with Crippen LogP contribution in [0.25, 0.3) is 0 Å². The molecular formula is C15H13BrN4O4. The molecule has 8 nitrogen and oxygen atoms in total. The first-order valence-electron chi connectivity index (χ1n) is 6.70. The van der Waals surface area contributed by atoms with E-state index in [1.54, 1.807) is 25.3 Å². The number of hydrazone groups is 1. The van der Waals surface area contributed by atoms with Crippen molar-refractivity contribution < 1.29 is 14.5 Å². The zero-order chi connectivity index (χ0) is 17.7. The Morgan fingerprint density at radius 2 is 2.08 bits per heavy atom. The SMILES string of the molecule is COc1ccc(/C(C)=N\NC(=O)c2cncc(Br)c2)cc1[N+](=O)[O-]. The number of carbonyl (C=O) groups is 1. The van der Waals surface area contributed by atoms with Crippen molar-refractivity contribution in [2.45, 2.75) is 6.92 Å². The summed E-state index contributed by atoms with van der Waals surface area (Å²) in [6.45, 7) is 1.63.